The number of hydrogen-bond acceptors (Lipinski definition) is 2. The number of benzene rings is 4. The van der Waals surface area contributed by atoms with Crippen molar-refractivity contribution < 1.29 is 9.53 Å². The van der Waals surface area contributed by atoms with Gasteiger partial charge in [-0.25, -0.2) is 0 Å². The van der Waals surface area contributed by atoms with Crippen LogP contribution in [0.25, 0.3) is 32.3 Å². The van der Waals surface area contributed by atoms with Crippen molar-refractivity contribution in [3.63, 3.8) is 0 Å². The molecule has 0 bridgehead atoms. The highest BCUT2D eigenvalue weighted by molar-refractivity contribution is 6.10. The number of carbonyl (C=O) groups is 1. The first-order chi connectivity index (χ1) is 10.8. The average Bonchev–Trinajstić information content (AvgIpc) is 2.57. The molecule has 4 rings (SSSR count). The second-order valence-electron chi connectivity index (χ2n) is 5.43. The van der Waals surface area contributed by atoms with Gasteiger partial charge in [0.25, 0.3) is 0 Å². The molecule has 0 unspecified atom stereocenters. The minimum Gasteiger partial charge on any atom is -0.495 e. The first kappa shape index (κ1) is 12.8. The lowest BCUT2D eigenvalue weighted by Crippen LogP contribution is -1.88. The molecule has 0 radical (unpaired) electrons. The van der Waals surface area contributed by atoms with E-state index in [1.54, 1.807) is 7.11 Å². The minimum atomic E-state index is 0.694. The first-order valence-electron chi connectivity index (χ1n) is 7.18. The van der Waals surface area contributed by atoms with E-state index in [0.29, 0.717) is 5.56 Å². The van der Waals surface area contributed by atoms with Gasteiger partial charge in [-0.05, 0) is 45.8 Å². The fourth-order valence-corrected chi connectivity index (χ4v) is 3.09. The second kappa shape index (κ2) is 4.85. The SMILES string of the molecule is COc1c2ccccc2cc2cc3cc(C=O)ccc3cc12. The maximum absolute atomic E-state index is 11.0. The van der Waals surface area contributed by atoms with Crippen LogP contribution in [0.5, 0.6) is 5.75 Å². The van der Waals surface area contributed by atoms with E-state index in [4.69, 9.17) is 4.74 Å². The topological polar surface area (TPSA) is 26.3 Å². The number of ether oxygens (including phenoxy) is 1. The Balaban J connectivity index is 2.17. The van der Waals surface area contributed by atoms with Gasteiger partial charge in [0.1, 0.15) is 12.0 Å². The highest BCUT2D eigenvalue weighted by Crippen LogP contribution is 2.36. The Morgan fingerprint density at radius 1 is 0.773 bits per heavy atom. The molecule has 0 aliphatic carbocycles. The van der Waals surface area contributed by atoms with Gasteiger partial charge in [0.2, 0.25) is 0 Å². The summed E-state index contributed by atoms with van der Waals surface area (Å²) in [6.45, 7) is 0. The summed E-state index contributed by atoms with van der Waals surface area (Å²) in [5.41, 5.74) is 0.694. The average molecular weight is 286 g/mol. The highest BCUT2D eigenvalue weighted by Gasteiger charge is 2.09. The summed E-state index contributed by atoms with van der Waals surface area (Å²) < 4.78 is 5.68. The van der Waals surface area contributed by atoms with Gasteiger partial charge in [0.15, 0.2) is 0 Å². The van der Waals surface area contributed by atoms with E-state index < -0.39 is 0 Å². The van der Waals surface area contributed by atoms with Crippen molar-refractivity contribution in [3.05, 3.63) is 66.2 Å². The maximum Gasteiger partial charge on any atom is 0.150 e. The van der Waals surface area contributed by atoms with E-state index in [2.05, 4.69) is 30.3 Å². The number of methoxy groups -OCH3 is 1. The van der Waals surface area contributed by atoms with Crippen LogP contribution >= 0.6 is 0 Å². The van der Waals surface area contributed by atoms with Gasteiger partial charge in [-0.2, -0.15) is 0 Å². The zero-order valence-corrected chi connectivity index (χ0v) is 12.2. The van der Waals surface area contributed by atoms with E-state index in [1.807, 2.05) is 30.3 Å². The van der Waals surface area contributed by atoms with E-state index in [0.717, 1.165) is 44.4 Å². The number of aldehydes is 1. The monoisotopic (exact) mass is 286 g/mol. The van der Waals surface area contributed by atoms with Gasteiger partial charge in [-0.15, -0.1) is 0 Å². The van der Waals surface area contributed by atoms with Gasteiger partial charge >= 0.3 is 0 Å². The van der Waals surface area contributed by atoms with E-state index >= 15 is 0 Å². The summed E-state index contributed by atoms with van der Waals surface area (Å²) in [6, 6.07) is 20.4. The normalized spacial score (nSPS) is 11.1. The van der Waals surface area contributed by atoms with Gasteiger partial charge in [0.05, 0.1) is 7.11 Å². The standard InChI is InChI=1S/C20H14O2/c1-22-20-18-5-3-2-4-15(18)9-17-10-16-8-13(12-21)6-7-14(16)11-19(17)20/h2-12H,1H3. The van der Waals surface area contributed by atoms with Crippen LogP contribution < -0.4 is 4.74 Å². The predicted octanol–water partition coefficient (Wildman–Crippen LogP) is 4.97. The highest BCUT2D eigenvalue weighted by atomic mass is 16.5. The lowest BCUT2D eigenvalue weighted by Gasteiger charge is -2.11. The summed E-state index contributed by atoms with van der Waals surface area (Å²) in [5.74, 6) is 0.898. The maximum atomic E-state index is 11.0. The van der Waals surface area contributed by atoms with Crippen LogP contribution in [-0.2, 0) is 0 Å². The van der Waals surface area contributed by atoms with Crippen molar-refractivity contribution in [1.82, 2.24) is 0 Å². The van der Waals surface area contributed by atoms with Crippen LogP contribution in [0, 0.1) is 0 Å². The van der Waals surface area contributed by atoms with Crippen LogP contribution in [0.2, 0.25) is 0 Å². The molecule has 22 heavy (non-hydrogen) atoms. The summed E-state index contributed by atoms with van der Waals surface area (Å²) >= 11 is 0. The third kappa shape index (κ3) is 1.85. The number of carbonyl (C=O) groups excluding carboxylic acids is 1. The van der Waals surface area contributed by atoms with Crippen LogP contribution in [0.4, 0.5) is 0 Å². The molecule has 2 heteroatoms. The smallest absolute Gasteiger partial charge is 0.150 e. The van der Waals surface area contributed by atoms with Crippen molar-refractivity contribution in [2.75, 3.05) is 7.11 Å². The Morgan fingerprint density at radius 3 is 2.41 bits per heavy atom. The Kier molecular flexibility index (Phi) is 2.83. The van der Waals surface area contributed by atoms with Crippen molar-refractivity contribution >= 4 is 38.6 Å². The molecule has 0 fully saturated rings. The minimum absolute atomic E-state index is 0.694. The Morgan fingerprint density at radius 2 is 1.59 bits per heavy atom. The molecule has 0 saturated carbocycles. The van der Waals surface area contributed by atoms with Crippen molar-refractivity contribution in [2.45, 2.75) is 0 Å². The second-order valence-corrected chi connectivity index (χ2v) is 5.43. The summed E-state index contributed by atoms with van der Waals surface area (Å²) in [6.07, 6.45) is 0.880. The molecule has 0 aromatic heterocycles. The van der Waals surface area contributed by atoms with Crippen molar-refractivity contribution in [2.24, 2.45) is 0 Å². The summed E-state index contributed by atoms with van der Waals surface area (Å²) in [7, 11) is 1.71. The van der Waals surface area contributed by atoms with Crippen LogP contribution in [-0.4, -0.2) is 13.4 Å². The Labute approximate surface area is 127 Å². The van der Waals surface area contributed by atoms with Gasteiger partial charge < -0.3 is 4.74 Å². The lowest BCUT2D eigenvalue weighted by molar-refractivity contribution is 0.112. The van der Waals surface area contributed by atoms with E-state index in [9.17, 15) is 4.79 Å². The number of fused-ring (bicyclic) bond motifs is 3. The lowest BCUT2D eigenvalue weighted by atomic mass is 9.98. The molecule has 0 saturated heterocycles. The van der Waals surface area contributed by atoms with Crippen molar-refractivity contribution in [1.29, 1.82) is 0 Å². The van der Waals surface area contributed by atoms with Gasteiger partial charge in [0, 0.05) is 16.3 Å². The van der Waals surface area contributed by atoms with Gasteiger partial charge in [-0.1, -0.05) is 36.4 Å². The van der Waals surface area contributed by atoms with Crippen molar-refractivity contribution in [3.8, 4) is 5.75 Å². The zero-order chi connectivity index (χ0) is 15.1. The molecule has 2 nitrogen and oxygen atoms in total. The molecule has 0 aliphatic rings. The molecule has 106 valence electrons. The molecular formula is C20H14O2. The number of rotatable bonds is 2. The molecular weight excluding hydrogens is 272 g/mol. The quantitative estimate of drug-likeness (QED) is 0.384. The molecule has 0 N–H and O–H groups in total. The Bertz CT molecular complexity index is 1030. The molecule has 4 aromatic carbocycles. The fourth-order valence-electron chi connectivity index (χ4n) is 3.09. The molecule has 0 atom stereocenters. The molecule has 0 spiro atoms. The predicted molar refractivity (Wildman–Crippen MR) is 90.9 cm³/mol. The fraction of sp³-hybridized carbons (Fsp3) is 0.0500. The third-order valence-electron chi connectivity index (χ3n) is 4.13. The number of hydrogen-bond donors (Lipinski definition) is 0. The third-order valence-corrected chi connectivity index (χ3v) is 4.13. The summed E-state index contributed by atoms with van der Waals surface area (Å²) in [5, 5.41) is 6.64. The molecule has 0 aliphatic heterocycles. The van der Waals surface area contributed by atoms with E-state index in [-0.39, 0.29) is 0 Å². The van der Waals surface area contributed by atoms with Crippen LogP contribution in [0.15, 0.2) is 60.7 Å². The zero-order valence-electron chi connectivity index (χ0n) is 12.2. The molecule has 0 amide bonds. The van der Waals surface area contributed by atoms with Crippen LogP contribution in [0.1, 0.15) is 10.4 Å². The first-order valence-corrected chi connectivity index (χ1v) is 7.18. The van der Waals surface area contributed by atoms with Gasteiger partial charge in [-0.3, -0.25) is 4.79 Å². The van der Waals surface area contributed by atoms with E-state index in [1.165, 1.54) is 0 Å². The summed E-state index contributed by atoms with van der Waals surface area (Å²) in [4.78, 5) is 11.0. The molecule has 4 aromatic rings. The largest absolute Gasteiger partial charge is 0.495 e. The molecule has 0 heterocycles. The Hall–Kier alpha value is -2.87. The van der Waals surface area contributed by atoms with Crippen LogP contribution in [0.3, 0.4) is 0 Å².